The first-order chi connectivity index (χ1) is 41.4. The molecule has 21 nitrogen and oxygen atoms in total. The number of amides is 2. The molecule has 2 saturated carbocycles. The predicted molar refractivity (Wildman–Crippen MR) is 306 cm³/mol. The molecule has 3 fully saturated rings. The highest BCUT2D eigenvalue weighted by Gasteiger charge is 2.79. The maximum absolute atomic E-state index is 16.5. The fourth-order valence-corrected chi connectivity index (χ4v) is 12.8. The number of nitrogens with one attached hydrogen (secondary N) is 2. The summed E-state index contributed by atoms with van der Waals surface area (Å²) in [5.41, 5.74) is -8.52. The Labute approximate surface area is 500 Å². The molecule has 1 aliphatic heterocycles. The van der Waals surface area contributed by atoms with Crippen LogP contribution in [0.25, 0.3) is 0 Å². The highest BCUT2D eigenvalue weighted by molar-refractivity contribution is 5.99. The Morgan fingerprint density at radius 3 is 1.68 bits per heavy atom. The number of carbonyl (C=O) groups is 10. The molecule has 5 aromatic carbocycles. The van der Waals surface area contributed by atoms with Crippen molar-refractivity contribution < 1.29 is 91.3 Å². The van der Waals surface area contributed by atoms with Crippen LogP contribution >= 0.6 is 0 Å². The monoisotopic (exact) mass is 1190 g/mol. The number of carbonyl (C=O) groups excluding carboxylic acids is 9. The van der Waals surface area contributed by atoms with Crippen molar-refractivity contribution >= 4 is 59.4 Å². The van der Waals surface area contributed by atoms with Crippen molar-refractivity contribution in [1.82, 2.24) is 10.6 Å². The van der Waals surface area contributed by atoms with E-state index in [4.69, 9.17) is 33.2 Å². The zero-order valence-corrected chi connectivity index (χ0v) is 48.5. The Hall–Kier alpha value is -9.34. The van der Waals surface area contributed by atoms with Crippen molar-refractivity contribution in [1.29, 1.82) is 0 Å². The Kier molecular flexibility index (Phi) is 18.1. The fraction of sp³-hybridized carbons (Fsp3) is 0.364. The molecule has 454 valence electrons. The number of carboxylic acids is 1. The average Bonchev–Trinajstić information content (AvgIpc) is 0.679. The lowest BCUT2D eigenvalue weighted by Gasteiger charge is -2.67. The number of ketones is 1. The van der Waals surface area contributed by atoms with Crippen molar-refractivity contribution in [3.8, 4) is 0 Å². The number of aliphatic hydroxyl groups is 1. The zero-order valence-electron chi connectivity index (χ0n) is 48.5. The molecule has 5 aromatic rings. The highest BCUT2D eigenvalue weighted by Crippen LogP contribution is 2.65. The Bertz CT molecular complexity index is 3490. The number of Topliss-reactive ketones (excluding diaryl/α,β-unsaturated/α-hetero) is 1. The second kappa shape index (κ2) is 25.3. The molecule has 4 aliphatic rings. The third kappa shape index (κ3) is 12.3. The lowest BCUT2D eigenvalue weighted by atomic mass is 9.44. The van der Waals surface area contributed by atoms with Gasteiger partial charge in [0, 0.05) is 44.1 Å². The Morgan fingerprint density at radius 2 is 1.17 bits per heavy atom. The van der Waals surface area contributed by atoms with Gasteiger partial charge in [-0.2, -0.15) is 0 Å². The topological polar surface area (TPSA) is 300 Å². The van der Waals surface area contributed by atoms with Crippen LogP contribution in [0.3, 0.4) is 0 Å². The van der Waals surface area contributed by atoms with Crippen LogP contribution in [-0.2, 0) is 61.9 Å². The van der Waals surface area contributed by atoms with Gasteiger partial charge in [0.2, 0.25) is 12.0 Å². The molecule has 0 radical (unpaired) electrons. The van der Waals surface area contributed by atoms with E-state index in [0.717, 1.165) is 13.8 Å². The van der Waals surface area contributed by atoms with Crippen molar-refractivity contribution in [2.75, 3.05) is 6.61 Å². The summed E-state index contributed by atoms with van der Waals surface area (Å²) in [4.78, 5) is 143. The summed E-state index contributed by atoms with van der Waals surface area (Å²) in [6.45, 7) is 7.58. The first kappa shape index (κ1) is 62.2. The largest absolute Gasteiger partial charge is 0.481 e. The minimum absolute atomic E-state index is 0.0202. The van der Waals surface area contributed by atoms with Crippen LogP contribution in [-0.4, -0.2) is 130 Å². The summed E-state index contributed by atoms with van der Waals surface area (Å²) in [5.74, 6) is -12.0. The maximum atomic E-state index is 16.5. The first-order valence-electron chi connectivity index (χ1n) is 28.3. The summed E-state index contributed by atoms with van der Waals surface area (Å²) in [7, 11) is 0. The van der Waals surface area contributed by atoms with Crippen LogP contribution in [0, 0.1) is 16.7 Å². The molecular weight excluding hydrogens is 1120 g/mol. The van der Waals surface area contributed by atoms with Gasteiger partial charge >= 0.3 is 41.8 Å². The van der Waals surface area contributed by atoms with Crippen molar-refractivity contribution in [2.24, 2.45) is 16.7 Å². The van der Waals surface area contributed by atoms with Crippen LogP contribution in [0.1, 0.15) is 120 Å². The molecule has 1 heterocycles. The van der Waals surface area contributed by atoms with Gasteiger partial charge in [0.25, 0.3) is 5.91 Å². The van der Waals surface area contributed by atoms with Crippen molar-refractivity contribution in [3.63, 3.8) is 0 Å². The van der Waals surface area contributed by atoms with Gasteiger partial charge < -0.3 is 54.0 Å². The minimum Gasteiger partial charge on any atom is -0.481 e. The Morgan fingerprint density at radius 1 is 0.655 bits per heavy atom. The Balaban J connectivity index is 1.22. The quantitative estimate of drug-likeness (QED) is 0.0375. The number of rotatable bonds is 19. The molecule has 21 heteroatoms. The number of hydrogen-bond donors (Lipinski definition) is 4. The number of hydrogen-bond acceptors (Lipinski definition) is 18. The summed E-state index contributed by atoms with van der Waals surface area (Å²) in [6.07, 6.45) is -12.8. The van der Waals surface area contributed by atoms with Crippen LogP contribution in [0.5, 0.6) is 0 Å². The summed E-state index contributed by atoms with van der Waals surface area (Å²) in [6, 6.07) is 35.3. The predicted octanol–water partition coefficient (Wildman–Crippen LogP) is 6.81. The normalized spacial score (nSPS) is 26.1. The summed E-state index contributed by atoms with van der Waals surface area (Å²) < 4.78 is 44.1. The van der Waals surface area contributed by atoms with Gasteiger partial charge in [-0.05, 0) is 85.5 Å². The average molecular weight is 1190 g/mol. The second-order valence-electron chi connectivity index (χ2n) is 22.8. The highest BCUT2D eigenvalue weighted by atomic mass is 16.6. The van der Waals surface area contributed by atoms with Crippen LogP contribution in [0.2, 0.25) is 0 Å². The van der Waals surface area contributed by atoms with E-state index in [1.54, 1.807) is 78.9 Å². The third-order valence-electron chi connectivity index (χ3n) is 17.2. The molecule has 0 spiro atoms. The van der Waals surface area contributed by atoms with Crippen LogP contribution < -0.4 is 10.6 Å². The van der Waals surface area contributed by atoms with E-state index in [2.05, 4.69) is 10.6 Å². The summed E-state index contributed by atoms with van der Waals surface area (Å²) in [5, 5.41) is 29.4. The molecule has 0 unspecified atom stereocenters. The van der Waals surface area contributed by atoms with Gasteiger partial charge in [0.15, 0.2) is 17.5 Å². The van der Waals surface area contributed by atoms with Crippen LogP contribution in [0.15, 0.2) is 163 Å². The molecule has 87 heavy (non-hydrogen) atoms. The molecule has 9 rings (SSSR count). The molecule has 1 saturated heterocycles. The number of fused-ring (bicyclic) bond motifs is 5. The van der Waals surface area contributed by atoms with Crippen molar-refractivity contribution in [2.45, 2.75) is 127 Å². The number of aliphatic carboxylic acids is 1. The number of esters is 6. The molecule has 4 N–H and O–H groups in total. The maximum Gasteiger partial charge on any atom is 0.350 e. The van der Waals surface area contributed by atoms with Gasteiger partial charge in [-0.1, -0.05) is 117 Å². The third-order valence-corrected chi connectivity index (χ3v) is 17.2. The summed E-state index contributed by atoms with van der Waals surface area (Å²) >= 11 is 0. The first-order valence-corrected chi connectivity index (χ1v) is 28.3. The van der Waals surface area contributed by atoms with E-state index >= 15 is 9.59 Å². The standard InChI is InChI=1S/C66H66N2O19/c1-37-46(83-62(79)53(85-60(77)43-28-18-10-19-29-43)51(40-22-12-7-13-23-40)68-58(75)45(32-33-49(71)72)67-57(74)41-24-14-8-15-25-41)35-66(80)56(86-61(78)44-30-20-11-21-31-44)54-64(6,55(73)52(82-38(2)69)50(37)63(66,4)5)47(84-59(76)42-26-16-9-17-27-42)34-48-65(54,36-81-48)87-39(3)70/h7-31,45-48,51-54,56,80H,32-36H2,1-6H3,(H,67,74)(H,68,75)(H,71,72)/t45-,46+,47+,48-,51+,52-,53-,54+,56+,64-,65+,66-/m1/s1. The van der Waals surface area contributed by atoms with E-state index in [-0.39, 0.29) is 45.4 Å². The molecular formula is C66H66N2O19. The van der Waals surface area contributed by atoms with Crippen molar-refractivity contribution in [3.05, 3.63) is 191 Å². The van der Waals surface area contributed by atoms with Gasteiger partial charge in [-0.3, -0.25) is 28.8 Å². The van der Waals surface area contributed by atoms with Gasteiger partial charge in [0.1, 0.15) is 42.1 Å². The van der Waals surface area contributed by atoms with Gasteiger partial charge in [0.05, 0.1) is 34.6 Å². The minimum atomic E-state index is -2.63. The number of ether oxygens (including phenoxy) is 7. The van der Waals surface area contributed by atoms with Crippen LogP contribution in [0.4, 0.5) is 0 Å². The molecule has 3 aliphatic carbocycles. The molecule has 12 atom stereocenters. The lowest BCUT2D eigenvalue weighted by Crippen LogP contribution is -2.82. The van der Waals surface area contributed by atoms with Gasteiger partial charge in [-0.15, -0.1) is 0 Å². The van der Waals surface area contributed by atoms with E-state index < -0.39 is 162 Å². The molecule has 2 bridgehead atoms. The zero-order chi connectivity index (χ0) is 62.6. The van der Waals surface area contributed by atoms with Gasteiger partial charge in [-0.25, -0.2) is 19.2 Å². The second-order valence-corrected chi connectivity index (χ2v) is 22.8. The SMILES string of the molecule is CC(=O)O[C@H]1C(=O)[C@]2(C)[C@@H](OC(=O)c3ccccc3)C[C@H]3OC[C@@]3(OC(C)=O)[C@H]2[C@H](OC(=O)c2ccccc2)[C@]2(O)C[C@H](OC(=O)[C@H](OC(=O)c3ccccc3)[C@@H](NC(=O)[C@@H](CCC(=O)O)NC(=O)c3ccccc3)c3ccccc3)C(C)=C1C2(C)C. The smallest absolute Gasteiger partial charge is 0.350 e. The fourth-order valence-electron chi connectivity index (χ4n) is 12.8. The molecule has 2 amide bonds. The van der Waals surface area contributed by atoms with E-state index in [0.29, 0.717) is 0 Å². The number of carboxylic acid groups (broad SMARTS) is 1. The lowest BCUT2D eigenvalue weighted by molar-refractivity contribution is -0.345. The van der Waals surface area contributed by atoms with E-state index in [1.807, 2.05) is 0 Å². The van der Waals surface area contributed by atoms with E-state index in [1.165, 1.54) is 100 Å². The number of benzene rings is 5. The molecule has 0 aromatic heterocycles. The van der Waals surface area contributed by atoms with E-state index in [9.17, 15) is 48.6 Å².